The lowest BCUT2D eigenvalue weighted by Gasteiger charge is -2.57. The Balaban J connectivity index is 1.67. The van der Waals surface area contributed by atoms with Crippen LogP contribution in [-0.2, 0) is 5.41 Å². The highest BCUT2D eigenvalue weighted by Gasteiger charge is 2.51. The predicted octanol–water partition coefficient (Wildman–Crippen LogP) is 3.42. The van der Waals surface area contributed by atoms with Crippen molar-refractivity contribution in [3.05, 3.63) is 23.8 Å². The van der Waals surface area contributed by atoms with Gasteiger partial charge in [-0.3, -0.25) is 10.8 Å². The molecule has 5 rings (SSSR count). The summed E-state index contributed by atoms with van der Waals surface area (Å²) in [5.74, 6) is 2.34. The first-order valence-corrected chi connectivity index (χ1v) is 9.43. The lowest BCUT2D eigenvalue weighted by molar-refractivity contribution is -0.00515. The number of rotatable bonds is 5. The summed E-state index contributed by atoms with van der Waals surface area (Å²) in [6, 6.07) is 8.37. The van der Waals surface area contributed by atoms with Crippen LogP contribution < -0.4 is 16.5 Å². The molecule has 4 aliphatic rings. The highest BCUT2D eigenvalue weighted by atomic mass is 15.3. The molecule has 26 heavy (non-hydrogen) atoms. The first kappa shape index (κ1) is 16.9. The second kappa shape index (κ2) is 6.31. The summed E-state index contributed by atoms with van der Waals surface area (Å²) >= 11 is 0. The van der Waals surface area contributed by atoms with Gasteiger partial charge in [0.25, 0.3) is 0 Å². The summed E-state index contributed by atoms with van der Waals surface area (Å²) < 4.78 is 0. The van der Waals surface area contributed by atoms with Gasteiger partial charge in [0.1, 0.15) is 6.07 Å². The fraction of sp³-hybridized carbons (Fsp3) is 0.550. The zero-order valence-electron chi connectivity index (χ0n) is 15.2. The molecule has 0 amide bonds. The molecular formula is C20H26N6. The molecule has 6 nitrogen and oxygen atoms in total. The SMILES string of the molecule is CNc1ccc(C23CC4CC(CC(C4)C2)C3)cc1N/N=C(\C#N)C(=N)N. The second-order valence-electron chi connectivity index (χ2n) is 8.31. The maximum Gasteiger partial charge on any atom is 0.201 e. The summed E-state index contributed by atoms with van der Waals surface area (Å²) in [5.41, 5.74) is 11.7. The van der Waals surface area contributed by atoms with Crippen LogP contribution in [0.4, 0.5) is 11.4 Å². The molecular weight excluding hydrogens is 324 g/mol. The van der Waals surface area contributed by atoms with Gasteiger partial charge in [0.2, 0.25) is 5.71 Å². The van der Waals surface area contributed by atoms with Gasteiger partial charge in [0.05, 0.1) is 11.4 Å². The maximum atomic E-state index is 9.05. The number of hydrogen-bond acceptors (Lipinski definition) is 5. The first-order valence-electron chi connectivity index (χ1n) is 9.43. The highest BCUT2D eigenvalue weighted by Crippen LogP contribution is 2.61. The van der Waals surface area contributed by atoms with E-state index in [-0.39, 0.29) is 11.5 Å². The molecule has 0 heterocycles. The van der Waals surface area contributed by atoms with E-state index in [1.165, 1.54) is 44.1 Å². The molecule has 4 saturated carbocycles. The minimum atomic E-state index is -0.330. The quantitative estimate of drug-likeness (QED) is 0.370. The molecule has 4 aliphatic carbocycles. The standard InChI is InChI=1S/C20H26N6/c1-24-16-3-2-15(7-17(16)25-26-18(11-21)19(22)23)20-8-12-4-13(9-20)6-14(5-12)10-20/h2-3,7,12-14,24-25H,4-6,8-10H2,1H3,(H3,22,23)/b26-18+. The maximum absolute atomic E-state index is 9.05. The van der Waals surface area contributed by atoms with Crippen molar-refractivity contribution in [1.29, 1.82) is 10.7 Å². The van der Waals surface area contributed by atoms with E-state index in [0.29, 0.717) is 5.41 Å². The summed E-state index contributed by atoms with van der Waals surface area (Å²) in [7, 11) is 1.87. The van der Waals surface area contributed by atoms with Crippen molar-refractivity contribution >= 4 is 22.9 Å². The van der Waals surface area contributed by atoms with E-state index in [9.17, 15) is 0 Å². The molecule has 1 aromatic rings. The van der Waals surface area contributed by atoms with Crippen LogP contribution in [0, 0.1) is 34.5 Å². The van der Waals surface area contributed by atoms with Gasteiger partial charge in [-0.15, -0.1) is 0 Å². The van der Waals surface area contributed by atoms with E-state index in [1.54, 1.807) is 0 Å². The zero-order valence-corrected chi connectivity index (χ0v) is 15.2. The lowest BCUT2D eigenvalue weighted by Crippen LogP contribution is -2.48. The molecule has 6 heteroatoms. The molecule has 136 valence electrons. The second-order valence-corrected chi connectivity index (χ2v) is 8.31. The number of nitrogens with two attached hydrogens (primary N) is 1. The Morgan fingerprint density at radius 2 is 1.81 bits per heavy atom. The predicted molar refractivity (Wildman–Crippen MR) is 104 cm³/mol. The highest BCUT2D eigenvalue weighted by molar-refractivity contribution is 6.45. The molecule has 0 unspecified atom stereocenters. The number of hydrazone groups is 1. The van der Waals surface area contributed by atoms with Crippen LogP contribution in [0.25, 0.3) is 0 Å². The largest absolute Gasteiger partial charge is 0.386 e. The van der Waals surface area contributed by atoms with Crippen molar-refractivity contribution in [1.82, 2.24) is 0 Å². The van der Waals surface area contributed by atoms with E-state index in [2.05, 4.69) is 34.0 Å². The summed E-state index contributed by atoms with van der Waals surface area (Å²) in [5, 5.41) is 23.6. The van der Waals surface area contributed by atoms with Crippen LogP contribution in [-0.4, -0.2) is 18.6 Å². The van der Waals surface area contributed by atoms with Gasteiger partial charge in [0.15, 0.2) is 5.84 Å². The minimum absolute atomic E-state index is 0.104. The Morgan fingerprint density at radius 3 is 2.31 bits per heavy atom. The van der Waals surface area contributed by atoms with Gasteiger partial charge in [-0.05, 0) is 79.4 Å². The molecule has 0 spiro atoms. The van der Waals surface area contributed by atoms with Crippen LogP contribution in [0.2, 0.25) is 0 Å². The van der Waals surface area contributed by atoms with Gasteiger partial charge in [-0.1, -0.05) is 6.07 Å². The van der Waals surface area contributed by atoms with Crippen molar-refractivity contribution in [3.8, 4) is 6.07 Å². The van der Waals surface area contributed by atoms with Crippen LogP contribution in [0.3, 0.4) is 0 Å². The lowest BCUT2D eigenvalue weighted by atomic mass is 9.48. The van der Waals surface area contributed by atoms with Crippen LogP contribution in [0.15, 0.2) is 23.3 Å². The summed E-state index contributed by atoms with van der Waals surface area (Å²) in [6.07, 6.45) is 8.18. The van der Waals surface area contributed by atoms with Crippen molar-refractivity contribution in [3.63, 3.8) is 0 Å². The third kappa shape index (κ3) is 2.82. The van der Waals surface area contributed by atoms with Crippen molar-refractivity contribution in [2.45, 2.75) is 43.9 Å². The number of benzene rings is 1. The molecule has 0 radical (unpaired) electrons. The summed E-state index contributed by atoms with van der Waals surface area (Å²) in [4.78, 5) is 0. The van der Waals surface area contributed by atoms with Gasteiger partial charge >= 0.3 is 0 Å². The van der Waals surface area contributed by atoms with Crippen molar-refractivity contribution in [2.75, 3.05) is 17.8 Å². The summed E-state index contributed by atoms with van der Waals surface area (Å²) in [6.45, 7) is 0. The molecule has 4 fully saturated rings. The van der Waals surface area contributed by atoms with Gasteiger partial charge < -0.3 is 11.1 Å². The minimum Gasteiger partial charge on any atom is -0.386 e. The molecule has 5 N–H and O–H groups in total. The Bertz CT molecular complexity index is 768. The van der Waals surface area contributed by atoms with Gasteiger partial charge in [-0.2, -0.15) is 10.4 Å². The molecule has 4 bridgehead atoms. The molecule has 0 aliphatic heterocycles. The Morgan fingerprint density at radius 1 is 1.19 bits per heavy atom. The number of nitriles is 1. The van der Waals surface area contributed by atoms with Crippen molar-refractivity contribution in [2.24, 2.45) is 28.6 Å². The third-order valence-corrected chi connectivity index (χ3v) is 6.59. The molecule has 0 atom stereocenters. The van der Waals surface area contributed by atoms with E-state index < -0.39 is 0 Å². The third-order valence-electron chi connectivity index (χ3n) is 6.59. The average molecular weight is 350 g/mol. The first-order chi connectivity index (χ1) is 12.5. The normalized spacial score (nSPS) is 32.2. The van der Waals surface area contributed by atoms with E-state index in [0.717, 1.165) is 29.1 Å². The van der Waals surface area contributed by atoms with E-state index >= 15 is 0 Å². The Kier molecular flexibility index (Phi) is 4.10. The topological polar surface area (TPSA) is 110 Å². The fourth-order valence-corrected chi connectivity index (χ4v) is 5.91. The van der Waals surface area contributed by atoms with E-state index in [1.807, 2.05) is 13.1 Å². The number of nitrogens with zero attached hydrogens (tertiary/aromatic N) is 2. The number of anilines is 2. The fourth-order valence-electron chi connectivity index (χ4n) is 5.91. The number of hydrogen-bond donors (Lipinski definition) is 4. The van der Waals surface area contributed by atoms with Crippen LogP contribution in [0.5, 0.6) is 0 Å². The average Bonchev–Trinajstić information content (AvgIpc) is 2.60. The van der Waals surface area contributed by atoms with E-state index in [4.69, 9.17) is 16.4 Å². The van der Waals surface area contributed by atoms with Gasteiger partial charge in [-0.25, -0.2) is 0 Å². The smallest absolute Gasteiger partial charge is 0.201 e. The van der Waals surface area contributed by atoms with Crippen molar-refractivity contribution < 1.29 is 0 Å². The van der Waals surface area contributed by atoms with Crippen LogP contribution >= 0.6 is 0 Å². The number of nitrogens with one attached hydrogen (secondary N) is 3. The molecule has 1 aromatic carbocycles. The van der Waals surface area contributed by atoms with Crippen LogP contribution in [0.1, 0.15) is 44.1 Å². The van der Waals surface area contributed by atoms with Gasteiger partial charge in [0, 0.05) is 7.05 Å². The zero-order chi connectivity index (χ0) is 18.3. The monoisotopic (exact) mass is 350 g/mol. The molecule has 0 saturated heterocycles. The Labute approximate surface area is 154 Å². The molecule has 0 aromatic heterocycles. The number of amidine groups is 1. The Hall–Kier alpha value is -2.55.